The van der Waals surface area contributed by atoms with Gasteiger partial charge in [0, 0.05) is 6.42 Å². The fourth-order valence-electron chi connectivity index (χ4n) is 1.06. The monoisotopic (exact) mass is 154 g/mol. The van der Waals surface area contributed by atoms with Crippen molar-refractivity contribution in [1.82, 2.24) is 0 Å². The number of allylic oxidation sites excluding steroid dienone is 2. The van der Waals surface area contributed by atoms with Crippen LogP contribution in [0.25, 0.3) is 0 Å². The van der Waals surface area contributed by atoms with E-state index >= 15 is 0 Å². The van der Waals surface area contributed by atoms with E-state index in [1.165, 1.54) is 0 Å². The normalized spacial score (nSPS) is 12.3. The summed E-state index contributed by atoms with van der Waals surface area (Å²) in [5.41, 5.74) is 0.971. The van der Waals surface area contributed by atoms with Gasteiger partial charge in [0.25, 0.3) is 0 Å². The highest BCUT2D eigenvalue weighted by Crippen LogP contribution is 2.09. The molecule has 0 fully saturated rings. The van der Waals surface area contributed by atoms with Crippen LogP contribution in [0.1, 0.15) is 40.5 Å². The maximum Gasteiger partial charge on any atom is 0.158 e. The molecule has 0 saturated carbocycles. The lowest BCUT2D eigenvalue weighted by Gasteiger charge is -2.04. The van der Waals surface area contributed by atoms with Gasteiger partial charge < -0.3 is 0 Å². The number of rotatable bonds is 4. The van der Waals surface area contributed by atoms with Crippen LogP contribution >= 0.6 is 0 Å². The molecule has 0 atom stereocenters. The summed E-state index contributed by atoms with van der Waals surface area (Å²) in [7, 11) is 0. The van der Waals surface area contributed by atoms with Gasteiger partial charge in [-0.2, -0.15) is 0 Å². The van der Waals surface area contributed by atoms with Crippen LogP contribution in [0.5, 0.6) is 0 Å². The Morgan fingerprint density at radius 3 is 2.27 bits per heavy atom. The van der Waals surface area contributed by atoms with Gasteiger partial charge in [0.2, 0.25) is 0 Å². The molecule has 0 radical (unpaired) electrons. The van der Waals surface area contributed by atoms with Crippen molar-refractivity contribution in [1.29, 1.82) is 0 Å². The summed E-state index contributed by atoms with van der Waals surface area (Å²) in [4.78, 5) is 11.3. The predicted octanol–water partition coefficient (Wildman–Crippen LogP) is 2.96. The van der Waals surface area contributed by atoms with Gasteiger partial charge in [0.05, 0.1) is 0 Å². The molecule has 0 heterocycles. The SMILES string of the molecule is CC=C(CC)C(=O)CC(C)C. The second-order valence-electron chi connectivity index (χ2n) is 3.19. The van der Waals surface area contributed by atoms with Crippen molar-refractivity contribution in [2.45, 2.75) is 40.5 Å². The lowest BCUT2D eigenvalue weighted by molar-refractivity contribution is -0.116. The van der Waals surface area contributed by atoms with Gasteiger partial charge in [-0.05, 0) is 24.8 Å². The third-order valence-electron chi connectivity index (χ3n) is 1.68. The number of hydrogen-bond acceptors (Lipinski definition) is 1. The molecule has 0 amide bonds. The van der Waals surface area contributed by atoms with Crippen molar-refractivity contribution in [3.8, 4) is 0 Å². The van der Waals surface area contributed by atoms with Gasteiger partial charge in [-0.3, -0.25) is 4.79 Å². The first-order valence-electron chi connectivity index (χ1n) is 4.30. The van der Waals surface area contributed by atoms with Crippen molar-refractivity contribution in [3.05, 3.63) is 11.6 Å². The second-order valence-corrected chi connectivity index (χ2v) is 3.19. The fourth-order valence-corrected chi connectivity index (χ4v) is 1.06. The smallest absolute Gasteiger partial charge is 0.158 e. The Morgan fingerprint density at radius 2 is 2.00 bits per heavy atom. The molecular formula is C10H18O. The molecule has 0 aromatic rings. The number of ketones is 1. The zero-order chi connectivity index (χ0) is 8.85. The predicted molar refractivity (Wildman–Crippen MR) is 48.5 cm³/mol. The van der Waals surface area contributed by atoms with E-state index in [2.05, 4.69) is 13.8 Å². The van der Waals surface area contributed by atoms with Crippen LogP contribution in [-0.4, -0.2) is 5.78 Å². The molecule has 0 bridgehead atoms. The van der Waals surface area contributed by atoms with Crippen molar-refractivity contribution in [2.24, 2.45) is 5.92 Å². The van der Waals surface area contributed by atoms with E-state index in [-0.39, 0.29) is 0 Å². The first-order chi connectivity index (χ1) is 5.11. The Bertz CT molecular complexity index is 154. The van der Waals surface area contributed by atoms with Crippen molar-refractivity contribution in [2.75, 3.05) is 0 Å². The largest absolute Gasteiger partial charge is 0.295 e. The van der Waals surface area contributed by atoms with E-state index in [0.29, 0.717) is 18.1 Å². The maximum absolute atomic E-state index is 11.3. The van der Waals surface area contributed by atoms with E-state index in [1.807, 2.05) is 19.9 Å². The minimum Gasteiger partial charge on any atom is -0.295 e. The minimum absolute atomic E-state index is 0.310. The zero-order valence-corrected chi connectivity index (χ0v) is 7.98. The average Bonchev–Trinajstić information content (AvgIpc) is 1.88. The summed E-state index contributed by atoms with van der Waals surface area (Å²) in [6.07, 6.45) is 3.47. The molecule has 0 N–H and O–H groups in total. The molecule has 0 spiro atoms. The van der Waals surface area contributed by atoms with Crippen LogP contribution in [0.4, 0.5) is 0 Å². The molecule has 1 nitrogen and oxygen atoms in total. The van der Waals surface area contributed by atoms with Crippen LogP contribution in [0.15, 0.2) is 11.6 Å². The molecule has 0 unspecified atom stereocenters. The Morgan fingerprint density at radius 1 is 1.45 bits per heavy atom. The molecule has 0 aromatic carbocycles. The Balaban J connectivity index is 4.02. The standard InChI is InChI=1S/C10H18O/c1-5-9(6-2)10(11)7-8(3)4/h5,8H,6-7H2,1-4H3. The average molecular weight is 154 g/mol. The molecule has 0 rings (SSSR count). The topological polar surface area (TPSA) is 17.1 Å². The number of carbonyl (C=O) groups is 1. The quantitative estimate of drug-likeness (QED) is 0.569. The van der Waals surface area contributed by atoms with E-state index in [9.17, 15) is 4.79 Å². The molecule has 0 saturated heterocycles. The van der Waals surface area contributed by atoms with Crippen molar-refractivity contribution in [3.63, 3.8) is 0 Å². The van der Waals surface area contributed by atoms with Gasteiger partial charge in [-0.25, -0.2) is 0 Å². The summed E-state index contributed by atoms with van der Waals surface area (Å²) in [5, 5.41) is 0. The second kappa shape index (κ2) is 5.11. The number of carbonyl (C=O) groups excluding carboxylic acids is 1. The molecule has 1 heteroatoms. The maximum atomic E-state index is 11.3. The molecular weight excluding hydrogens is 136 g/mol. The highest BCUT2D eigenvalue weighted by molar-refractivity contribution is 5.95. The first kappa shape index (κ1) is 10.4. The van der Waals surface area contributed by atoms with Crippen molar-refractivity contribution < 1.29 is 4.79 Å². The molecule has 0 aromatic heterocycles. The van der Waals surface area contributed by atoms with Gasteiger partial charge in [0.1, 0.15) is 0 Å². The highest BCUT2D eigenvalue weighted by atomic mass is 16.1. The van der Waals surface area contributed by atoms with Gasteiger partial charge in [-0.15, -0.1) is 0 Å². The fraction of sp³-hybridized carbons (Fsp3) is 0.700. The number of hydrogen-bond donors (Lipinski definition) is 0. The molecule has 64 valence electrons. The first-order valence-corrected chi connectivity index (χ1v) is 4.30. The minimum atomic E-state index is 0.310. The zero-order valence-electron chi connectivity index (χ0n) is 7.98. The Labute approximate surface area is 69.5 Å². The summed E-state index contributed by atoms with van der Waals surface area (Å²) >= 11 is 0. The van der Waals surface area contributed by atoms with E-state index in [1.54, 1.807) is 0 Å². The van der Waals surface area contributed by atoms with Crippen LogP contribution in [0.2, 0.25) is 0 Å². The van der Waals surface area contributed by atoms with E-state index in [0.717, 1.165) is 12.0 Å². The molecule has 0 aliphatic rings. The van der Waals surface area contributed by atoms with Crippen LogP contribution in [0, 0.1) is 5.92 Å². The summed E-state index contributed by atoms with van der Waals surface area (Å²) in [6.45, 7) is 8.09. The highest BCUT2D eigenvalue weighted by Gasteiger charge is 2.07. The van der Waals surface area contributed by atoms with Gasteiger partial charge in [0.15, 0.2) is 5.78 Å². The van der Waals surface area contributed by atoms with Crippen molar-refractivity contribution >= 4 is 5.78 Å². The Hall–Kier alpha value is -0.590. The Kier molecular flexibility index (Phi) is 4.84. The van der Waals surface area contributed by atoms with Crippen LogP contribution < -0.4 is 0 Å². The molecule has 0 aliphatic carbocycles. The van der Waals surface area contributed by atoms with E-state index in [4.69, 9.17) is 0 Å². The molecule has 0 aliphatic heterocycles. The van der Waals surface area contributed by atoms with Crippen LogP contribution in [0.3, 0.4) is 0 Å². The summed E-state index contributed by atoms with van der Waals surface area (Å²) < 4.78 is 0. The summed E-state index contributed by atoms with van der Waals surface area (Å²) in [5.74, 6) is 0.786. The third-order valence-corrected chi connectivity index (χ3v) is 1.68. The van der Waals surface area contributed by atoms with Crippen LogP contribution in [-0.2, 0) is 4.79 Å². The van der Waals surface area contributed by atoms with E-state index < -0.39 is 0 Å². The van der Waals surface area contributed by atoms with Gasteiger partial charge in [-0.1, -0.05) is 26.8 Å². The lowest BCUT2D eigenvalue weighted by Crippen LogP contribution is -2.05. The third kappa shape index (κ3) is 3.97. The lowest BCUT2D eigenvalue weighted by atomic mass is 10.00. The molecule has 11 heavy (non-hydrogen) atoms. The number of Topliss-reactive ketones (excluding diaryl/α,β-unsaturated/α-hetero) is 1. The summed E-state index contributed by atoms with van der Waals surface area (Å²) in [6, 6.07) is 0. The van der Waals surface area contributed by atoms with Gasteiger partial charge >= 0.3 is 0 Å².